The van der Waals surface area contributed by atoms with Crippen LogP contribution in [-0.2, 0) is 32.6 Å². The smallest absolute Gasteiger partial charge is 0.243 e. The summed E-state index contributed by atoms with van der Waals surface area (Å²) < 4.78 is 46.4. The van der Waals surface area contributed by atoms with Crippen LogP contribution in [0.3, 0.4) is 0 Å². The van der Waals surface area contributed by atoms with E-state index in [4.69, 9.17) is 16.3 Å². The van der Waals surface area contributed by atoms with E-state index in [1.165, 1.54) is 28.4 Å². The van der Waals surface area contributed by atoms with Crippen molar-refractivity contribution in [2.24, 2.45) is 0 Å². The maximum Gasteiger partial charge on any atom is 0.243 e. The van der Waals surface area contributed by atoms with Crippen molar-refractivity contribution in [3.05, 3.63) is 94.8 Å². The van der Waals surface area contributed by atoms with Crippen molar-refractivity contribution in [1.29, 1.82) is 0 Å². The summed E-state index contributed by atoms with van der Waals surface area (Å²) in [6.45, 7) is 3.51. The number of carbonyl (C=O) groups excluding carboxylic acids is 2. The first-order valence-electron chi connectivity index (χ1n) is 13.6. The molecule has 0 aliphatic rings. The summed E-state index contributed by atoms with van der Waals surface area (Å²) in [5, 5.41) is 3.14. The molecule has 0 bridgehead atoms. The highest BCUT2D eigenvalue weighted by Gasteiger charge is 2.31. The summed E-state index contributed by atoms with van der Waals surface area (Å²) in [5.74, 6) is -0.849. The van der Waals surface area contributed by atoms with Crippen LogP contribution in [0.15, 0.2) is 72.8 Å². The molecule has 0 radical (unpaired) electrons. The zero-order valence-electron chi connectivity index (χ0n) is 24.2. The number of sulfonamides is 1. The second-order valence-corrected chi connectivity index (χ2v) is 12.6. The number of amides is 2. The van der Waals surface area contributed by atoms with E-state index < -0.39 is 27.8 Å². The second-order valence-electron chi connectivity index (χ2n) is 10.2. The van der Waals surface area contributed by atoms with Crippen molar-refractivity contribution in [2.45, 2.75) is 51.7 Å². The number of nitrogens with zero attached hydrogens (tertiary/aromatic N) is 2. The number of carbonyl (C=O) groups is 2. The van der Waals surface area contributed by atoms with Crippen LogP contribution in [0.2, 0.25) is 5.02 Å². The number of ether oxygens (including phenoxy) is 1. The van der Waals surface area contributed by atoms with Crippen molar-refractivity contribution in [3.63, 3.8) is 0 Å². The Kier molecular flexibility index (Phi) is 11.8. The van der Waals surface area contributed by atoms with Gasteiger partial charge in [0.2, 0.25) is 21.8 Å². The minimum Gasteiger partial charge on any atom is -0.495 e. The predicted octanol–water partition coefficient (Wildman–Crippen LogP) is 5.20. The van der Waals surface area contributed by atoms with Gasteiger partial charge < -0.3 is 15.0 Å². The molecule has 1 unspecified atom stereocenters. The molecule has 0 saturated carbocycles. The SMILES string of the molecule is COc1ccc(N(CCCC(=O)N(Cc2ccccc2F)C(Cc2ccccc2)C(=O)NC(C)C)S(C)(=O)=O)cc1Cl. The van der Waals surface area contributed by atoms with Gasteiger partial charge in [-0.2, -0.15) is 0 Å². The number of anilines is 1. The largest absolute Gasteiger partial charge is 0.495 e. The van der Waals surface area contributed by atoms with E-state index >= 15 is 0 Å². The van der Waals surface area contributed by atoms with Crippen LogP contribution >= 0.6 is 11.6 Å². The molecule has 8 nitrogen and oxygen atoms in total. The van der Waals surface area contributed by atoms with Crippen LogP contribution in [0.5, 0.6) is 5.75 Å². The van der Waals surface area contributed by atoms with Crippen molar-refractivity contribution in [2.75, 3.05) is 24.2 Å². The zero-order chi connectivity index (χ0) is 30.9. The molecule has 3 aromatic rings. The number of hydrogen-bond donors (Lipinski definition) is 1. The van der Waals surface area contributed by atoms with Gasteiger partial charge in [0, 0.05) is 37.5 Å². The Morgan fingerprint density at radius 1 is 1.02 bits per heavy atom. The van der Waals surface area contributed by atoms with Gasteiger partial charge in [0.15, 0.2) is 0 Å². The fraction of sp³-hybridized carbons (Fsp3) is 0.355. The molecule has 0 spiro atoms. The maximum absolute atomic E-state index is 14.7. The van der Waals surface area contributed by atoms with Crippen molar-refractivity contribution >= 4 is 39.1 Å². The van der Waals surface area contributed by atoms with Gasteiger partial charge in [-0.25, -0.2) is 12.8 Å². The van der Waals surface area contributed by atoms with Crippen molar-refractivity contribution < 1.29 is 27.1 Å². The third-order valence-electron chi connectivity index (χ3n) is 6.58. The Morgan fingerprint density at radius 2 is 1.69 bits per heavy atom. The predicted molar refractivity (Wildman–Crippen MR) is 164 cm³/mol. The molecule has 0 aliphatic carbocycles. The third kappa shape index (κ3) is 9.19. The summed E-state index contributed by atoms with van der Waals surface area (Å²) in [4.78, 5) is 28.6. The Balaban J connectivity index is 1.89. The molecule has 0 aliphatic heterocycles. The first-order chi connectivity index (χ1) is 19.9. The Hall–Kier alpha value is -3.63. The van der Waals surface area contributed by atoms with E-state index in [0.29, 0.717) is 11.4 Å². The van der Waals surface area contributed by atoms with Crippen molar-refractivity contribution in [3.8, 4) is 5.75 Å². The monoisotopic (exact) mass is 617 g/mol. The summed E-state index contributed by atoms with van der Waals surface area (Å²) in [6, 6.07) is 18.9. The van der Waals surface area contributed by atoms with Gasteiger partial charge >= 0.3 is 0 Å². The molecular formula is C31H37ClFN3O5S. The van der Waals surface area contributed by atoms with Crippen LogP contribution in [0.1, 0.15) is 37.8 Å². The molecular weight excluding hydrogens is 581 g/mol. The fourth-order valence-corrected chi connectivity index (χ4v) is 5.77. The molecule has 1 N–H and O–H groups in total. The van der Waals surface area contributed by atoms with Crippen LogP contribution in [0.4, 0.5) is 10.1 Å². The highest BCUT2D eigenvalue weighted by atomic mass is 35.5. The third-order valence-corrected chi connectivity index (χ3v) is 8.07. The highest BCUT2D eigenvalue weighted by Crippen LogP contribution is 2.30. The Labute approximate surface area is 252 Å². The van der Waals surface area contributed by atoms with Crippen LogP contribution in [0.25, 0.3) is 0 Å². The van der Waals surface area contributed by atoms with Gasteiger partial charge in [-0.1, -0.05) is 60.1 Å². The number of rotatable bonds is 14. The van der Waals surface area contributed by atoms with Crippen molar-refractivity contribution in [1.82, 2.24) is 10.2 Å². The highest BCUT2D eigenvalue weighted by molar-refractivity contribution is 7.92. The summed E-state index contributed by atoms with van der Waals surface area (Å²) in [7, 11) is -2.26. The lowest BCUT2D eigenvalue weighted by Gasteiger charge is -2.32. The lowest BCUT2D eigenvalue weighted by atomic mass is 10.0. The number of hydrogen-bond acceptors (Lipinski definition) is 5. The molecule has 3 aromatic carbocycles. The van der Waals surface area contributed by atoms with Crippen LogP contribution < -0.4 is 14.4 Å². The van der Waals surface area contributed by atoms with E-state index in [1.807, 2.05) is 44.2 Å². The van der Waals surface area contributed by atoms with E-state index in [2.05, 4.69) is 5.32 Å². The molecule has 2 amide bonds. The van der Waals surface area contributed by atoms with Crippen LogP contribution in [-0.4, -0.2) is 57.1 Å². The zero-order valence-corrected chi connectivity index (χ0v) is 25.8. The summed E-state index contributed by atoms with van der Waals surface area (Å²) in [5.41, 5.74) is 1.44. The summed E-state index contributed by atoms with van der Waals surface area (Å²) in [6.07, 6.45) is 1.36. The maximum atomic E-state index is 14.7. The van der Waals surface area contributed by atoms with Crippen LogP contribution in [0, 0.1) is 5.82 Å². The first-order valence-corrected chi connectivity index (χ1v) is 15.8. The molecule has 0 saturated heterocycles. The van der Waals surface area contributed by atoms with Gasteiger partial charge in [0.1, 0.15) is 17.6 Å². The fourth-order valence-electron chi connectivity index (χ4n) is 4.56. The van der Waals surface area contributed by atoms with E-state index in [0.717, 1.165) is 11.8 Å². The number of methoxy groups -OCH3 is 1. The minimum absolute atomic E-state index is 0.0116. The van der Waals surface area contributed by atoms with E-state index in [-0.39, 0.29) is 54.9 Å². The molecule has 1 atom stereocenters. The van der Waals surface area contributed by atoms with Gasteiger partial charge in [-0.3, -0.25) is 13.9 Å². The standard InChI is InChI=1S/C31H37ClFN3O5S/c1-22(2)34-31(38)28(19-23-11-6-5-7-12-23)35(21-24-13-8-9-14-27(24)33)30(37)15-10-18-36(42(4,39)40)25-16-17-29(41-3)26(32)20-25/h5-9,11-14,16-17,20,22,28H,10,15,18-19,21H2,1-4H3,(H,34,38). The van der Waals surface area contributed by atoms with Gasteiger partial charge in [-0.05, 0) is 50.1 Å². The first kappa shape index (κ1) is 32.9. The molecule has 3 rings (SSSR count). The normalized spacial score (nSPS) is 12.1. The topological polar surface area (TPSA) is 96.0 Å². The number of nitrogens with one attached hydrogen (secondary N) is 1. The molecule has 0 fully saturated rings. The van der Waals surface area contributed by atoms with E-state index in [1.54, 1.807) is 30.3 Å². The minimum atomic E-state index is -3.72. The van der Waals surface area contributed by atoms with Gasteiger partial charge in [0.05, 0.1) is 24.1 Å². The van der Waals surface area contributed by atoms with E-state index in [9.17, 15) is 22.4 Å². The molecule has 11 heteroatoms. The molecule has 0 aromatic heterocycles. The second kappa shape index (κ2) is 15.0. The lowest BCUT2D eigenvalue weighted by molar-refractivity contribution is -0.141. The Bertz CT molecular complexity index is 1470. The Morgan fingerprint density at radius 3 is 2.29 bits per heavy atom. The quantitative estimate of drug-likeness (QED) is 0.268. The van der Waals surface area contributed by atoms with Gasteiger partial charge in [-0.15, -0.1) is 0 Å². The average molecular weight is 618 g/mol. The number of halogens is 2. The summed E-state index contributed by atoms with van der Waals surface area (Å²) >= 11 is 6.23. The molecule has 226 valence electrons. The molecule has 0 heterocycles. The van der Waals surface area contributed by atoms with Gasteiger partial charge in [0.25, 0.3) is 0 Å². The number of benzene rings is 3. The molecule has 42 heavy (non-hydrogen) atoms. The average Bonchev–Trinajstić information content (AvgIpc) is 2.93. The lowest BCUT2D eigenvalue weighted by Crippen LogP contribution is -2.52.